The highest BCUT2D eigenvalue weighted by Crippen LogP contribution is 2.23. The highest BCUT2D eigenvalue weighted by atomic mass is 79.9. The third-order valence-electron chi connectivity index (χ3n) is 4.97. The van der Waals surface area contributed by atoms with Crippen LogP contribution in [0.3, 0.4) is 0 Å². The second-order valence-electron chi connectivity index (χ2n) is 6.70. The van der Waals surface area contributed by atoms with Crippen LogP contribution in [-0.2, 0) is 25.7 Å². The maximum absolute atomic E-state index is 3.64. The Balaban J connectivity index is 1.68. The summed E-state index contributed by atoms with van der Waals surface area (Å²) in [6, 6.07) is 24.5. The van der Waals surface area contributed by atoms with E-state index < -0.39 is 0 Å². The first-order valence-corrected chi connectivity index (χ1v) is 9.69. The zero-order valence-corrected chi connectivity index (χ0v) is 15.8. The van der Waals surface area contributed by atoms with Gasteiger partial charge in [0.05, 0.1) is 0 Å². The van der Waals surface area contributed by atoms with Gasteiger partial charge in [-0.2, -0.15) is 0 Å². The smallest absolute Gasteiger partial charge is 0.0247 e. The van der Waals surface area contributed by atoms with Crippen molar-refractivity contribution in [3.63, 3.8) is 0 Å². The standard InChI is InChI=1S/C24H21Br/c25-24-4-2-1-3-22(24)15-16-23-17-20-10-9-18-5-7-19(8-6-18)11-13-21(23)14-12-20/h1-8,12,14-17H,9-11,13H2/b16-15+. The molecule has 0 fully saturated rings. The first-order valence-electron chi connectivity index (χ1n) is 8.90. The fraction of sp³-hybridized carbons (Fsp3) is 0.167. The lowest BCUT2D eigenvalue weighted by Crippen LogP contribution is -2.00. The highest BCUT2D eigenvalue weighted by molar-refractivity contribution is 9.10. The molecule has 0 nitrogen and oxygen atoms in total. The maximum atomic E-state index is 3.64. The fourth-order valence-corrected chi connectivity index (χ4v) is 3.83. The molecule has 124 valence electrons. The zero-order chi connectivity index (χ0) is 17.1. The van der Waals surface area contributed by atoms with Crippen molar-refractivity contribution in [1.29, 1.82) is 0 Å². The Labute approximate surface area is 158 Å². The maximum Gasteiger partial charge on any atom is 0.0247 e. The molecule has 4 bridgehead atoms. The number of hydrogen-bond donors (Lipinski definition) is 0. The van der Waals surface area contributed by atoms with Crippen LogP contribution in [0.25, 0.3) is 12.2 Å². The van der Waals surface area contributed by atoms with Crippen molar-refractivity contribution in [2.24, 2.45) is 0 Å². The molecular formula is C24H21Br. The van der Waals surface area contributed by atoms with Gasteiger partial charge in [-0.25, -0.2) is 0 Å². The molecule has 0 N–H and O–H groups in total. The topological polar surface area (TPSA) is 0 Å². The van der Waals surface area contributed by atoms with Gasteiger partial charge < -0.3 is 0 Å². The van der Waals surface area contributed by atoms with Crippen molar-refractivity contribution in [2.45, 2.75) is 25.7 Å². The number of aryl methyl sites for hydroxylation is 4. The second kappa shape index (κ2) is 7.41. The van der Waals surface area contributed by atoms with E-state index in [-0.39, 0.29) is 0 Å². The molecule has 3 aromatic rings. The molecule has 0 radical (unpaired) electrons. The number of benzene rings is 3. The van der Waals surface area contributed by atoms with Gasteiger partial charge in [0, 0.05) is 4.47 Å². The first kappa shape index (κ1) is 16.4. The van der Waals surface area contributed by atoms with Crippen LogP contribution in [0, 0.1) is 0 Å². The molecule has 0 atom stereocenters. The lowest BCUT2D eigenvalue weighted by Gasteiger charge is -2.12. The van der Waals surface area contributed by atoms with Gasteiger partial charge >= 0.3 is 0 Å². The van der Waals surface area contributed by atoms with E-state index in [1.807, 2.05) is 0 Å². The van der Waals surface area contributed by atoms with E-state index in [1.54, 1.807) is 0 Å². The van der Waals surface area contributed by atoms with E-state index >= 15 is 0 Å². The summed E-state index contributed by atoms with van der Waals surface area (Å²) >= 11 is 3.64. The molecule has 4 aliphatic carbocycles. The molecule has 1 heteroatoms. The fourth-order valence-electron chi connectivity index (χ4n) is 3.41. The predicted octanol–water partition coefficient (Wildman–Crippen LogP) is 6.50. The Morgan fingerprint density at radius 3 is 1.96 bits per heavy atom. The third-order valence-corrected chi connectivity index (χ3v) is 5.69. The number of hydrogen-bond acceptors (Lipinski definition) is 0. The van der Waals surface area contributed by atoms with Crippen LogP contribution in [0.2, 0.25) is 0 Å². The van der Waals surface area contributed by atoms with Gasteiger partial charge in [-0.15, -0.1) is 0 Å². The minimum atomic E-state index is 1.08. The minimum Gasteiger partial charge on any atom is -0.0616 e. The molecule has 4 aliphatic rings. The van der Waals surface area contributed by atoms with Crippen molar-refractivity contribution in [3.8, 4) is 0 Å². The van der Waals surface area contributed by atoms with E-state index in [4.69, 9.17) is 0 Å². The second-order valence-corrected chi connectivity index (χ2v) is 7.56. The molecular weight excluding hydrogens is 368 g/mol. The molecule has 0 spiro atoms. The summed E-state index contributed by atoms with van der Waals surface area (Å²) in [7, 11) is 0. The summed E-state index contributed by atoms with van der Waals surface area (Å²) in [5.74, 6) is 0. The Kier molecular flexibility index (Phi) is 4.85. The molecule has 0 saturated carbocycles. The summed E-state index contributed by atoms with van der Waals surface area (Å²) in [6.07, 6.45) is 8.85. The molecule has 0 unspecified atom stereocenters. The van der Waals surface area contributed by atoms with E-state index in [0.29, 0.717) is 0 Å². The highest BCUT2D eigenvalue weighted by Gasteiger charge is 2.06. The summed E-state index contributed by atoms with van der Waals surface area (Å²) in [5.41, 5.74) is 8.27. The summed E-state index contributed by atoms with van der Waals surface area (Å²) in [6.45, 7) is 0. The van der Waals surface area contributed by atoms with Crippen LogP contribution in [0.1, 0.15) is 33.4 Å². The Hall–Kier alpha value is -2.12. The number of halogens is 1. The van der Waals surface area contributed by atoms with E-state index in [1.165, 1.54) is 33.4 Å². The Morgan fingerprint density at radius 2 is 1.20 bits per heavy atom. The Morgan fingerprint density at radius 1 is 0.600 bits per heavy atom. The van der Waals surface area contributed by atoms with Gasteiger partial charge in [0.2, 0.25) is 0 Å². The van der Waals surface area contributed by atoms with Crippen molar-refractivity contribution < 1.29 is 0 Å². The first-order chi connectivity index (χ1) is 12.3. The quantitative estimate of drug-likeness (QED) is 0.439. The van der Waals surface area contributed by atoms with Gasteiger partial charge in [-0.1, -0.05) is 88.7 Å². The largest absolute Gasteiger partial charge is 0.0616 e. The molecule has 0 saturated heterocycles. The van der Waals surface area contributed by atoms with Gasteiger partial charge in [0.1, 0.15) is 0 Å². The van der Waals surface area contributed by atoms with Crippen LogP contribution in [0.4, 0.5) is 0 Å². The minimum absolute atomic E-state index is 1.08. The molecule has 0 aromatic heterocycles. The van der Waals surface area contributed by atoms with Crippen LogP contribution < -0.4 is 0 Å². The molecule has 0 aliphatic heterocycles. The van der Waals surface area contributed by atoms with Crippen molar-refractivity contribution in [1.82, 2.24) is 0 Å². The van der Waals surface area contributed by atoms with Crippen molar-refractivity contribution in [3.05, 3.63) is 105 Å². The molecule has 0 amide bonds. The van der Waals surface area contributed by atoms with Crippen molar-refractivity contribution in [2.75, 3.05) is 0 Å². The van der Waals surface area contributed by atoms with Gasteiger partial charge in [0.25, 0.3) is 0 Å². The van der Waals surface area contributed by atoms with Crippen LogP contribution in [0.15, 0.2) is 71.2 Å². The lowest BCUT2D eigenvalue weighted by molar-refractivity contribution is 0.919. The predicted molar refractivity (Wildman–Crippen MR) is 111 cm³/mol. The molecule has 7 rings (SSSR count). The zero-order valence-electron chi connectivity index (χ0n) is 14.2. The van der Waals surface area contributed by atoms with Gasteiger partial charge in [-0.3, -0.25) is 0 Å². The van der Waals surface area contributed by atoms with E-state index in [9.17, 15) is 0 Å². The van der Waals surface area contributed by atoms with Crippen LogP contribution >= 0.6 is 15.9 Å². The van der Waals surface area contributed by atoms with Gasteiger partial charge in [-0.05, 0) is 65.1 Å². The monoisotopic (exact) mass is 388 g/mol. The van der Waals surface area contributed by atoms with Crippen molar-refractivity contribution >= 4 is 28.1 Å². The average molecular weight is 389 g/mol. The number of rotatable bonds is 2. The molecule has 25 heavy (non-hydrogen) atoms. The third kappa shape index (κ3) is 3.93. The summed E-state index contributed by atoms with van der Waals surface area (Å²) < 4.78 is 1.14. The van der Waals surface area contributed by atoms with E-state index in [2.05, 4.69) is 94.8 Å². The van der Waals surface area contributed by atoms with Gasteiger partial charge in [0.15, 0.2) is 0 Å². The SMILES string of the molecule is Brc1ccccc1/C=C/c1cc2ccc1CCc1ccc(cc1)CC2. The van der Waals surface area contributed by atoms with Crippen LogP contribution in [0.5, 0.6) is 0 Å². The summed E-state index contributed by atoms with van der Waals surface area (Å²) in [4.78, 5) is 0. The van der Waals surface area contributed by atoms with Crippen LogP contribution in [-0.4, -0.2) is 0 Å². The van der Waals surface area contributed by atoms with E-state index in [0.717, 1.165) is 30.2 Å². The lowest BCUT2D eigenvalue weighted by atomic mass is 9.93. The molecule has 3 aromatic carbocycles. The molecule has 0 heterocycles. The summed E-state index contributed by atoms with van der Waals surface area (Å²) in [5, 5.41) is 0. The normalized spacial score (nSPS) is 13.8. The average Bonchev–Trinajstić information content (AvgIpc) is 2.64. The Bertz CT molecular complexity index is 904.